The molecule has 1 fully saturated rings. The zero-order chi connectivity index (χ0) is 9.42. The molecule has 0 bridgehead atoms. The van der Waals surface area contributed by atoms with Crippen LogP contribution in [-0.4, -0.2) is 5.78 Å². The number of rotatable bonds is 3. The van der Waals surface area contributed by atoms with E-state index in [1.165, 1.54) is 12.8 Å². The van der Waals surface area contributed by atoms with Gasteiger partial charge in [-0.3, -0.25) is 4.79 Å². The summed E-state index contributed by atoms with van der Waals surface area (Å²) in [5.41, 5.74) is 0. The smallest absolute Gasteiger partial charge is 0.201 e. The molecule has 1 aromatic rings. The summed E-state index contributed by atoms with van der Waals surface area (Å²) in [5.74, 6) is 2.25. The van der Waals surface area contributed by atoms with Crippen LogP contribution in [0.15, 0.2) is 16.5 Å². The SMILES string of the molecule is Cc1ccc(C(=O)C(C)C2CC2)o1. The molecule has 70 valence electrons. The lowest BCUT2D eigenvalue weighted by molar-refractivity contribution is 0.0886. The Bertz CT molecular complexity index is 321. The lowest BCUT2D eigenvalue weighted by Crippen LogP contribution is -2.12. The van der Waals surface area contributed by atoms with Crippen LogP contribution >= 0.6 is 0 Å². The van der Waals surface area contributed by atoms with E-state index in [0.717, 1.165) is 5.76 Å². The minimum absolute atomic E-state index is 0.144. The van der Waals surface area contributed by atoms with Crippen LogP contribution in [0, 0.1) is 18.8 Å². The Balaban J connectivity index is 2.11. The third-order valence-corrected chi connectivity index (χ3v) is 2.73. The summed E-state index contributed by atoms with van der Waals surface area (Å²) < 4.78 is 5.29. The van der Waals surface area contributed by atoms with Crippen LogP contribution < -0.4 is 0 Å². The van der Waals surface area contributed by atoms with Crippen molar-refractivity contribution in [1.29, 1.82) is 0 Å². The van der Waals surface area contributed by atoms with Crippen LogP contribution in [0.5, 0.6) is 0 Å². The van der Waals surface area contributed by atoms with Crippen LogP contribution in [0.1, 0.15) is 36.1 Å². The first-order chi connectivity index (χ1) is 6.18. The van der Waals surface area contributed by atoms with Gasteiger partial charge in [-0.2, -0.15) is 0 Å². The van der Waals surface area contributed by atoms with Crippen molar-refractivity contribution in [3.63, 3.8) is 0 Å². The molecule has 0 aliphatic heterocycles. The highest BCUT2D eigenvalue weighted by Gasteiger charge is 2.34. The highest BCUT2D eigenvalue weighted by Crippen LogP contribution is 2.38. The maximum atomic E-state index is 11.7. The molecule has 1 aromatic heterocycles. The van der Waals surface area contributed by atoms with Crippen molar-refractivity contribution >= 4 is 5.78 Å². The summed E-state index contributed by atoms with van der Waals surface area (Å²) in [7, 11) is 0. The van der Waals surface area contributed by atoms with E-state index in [2.05, 4.69) is 0 Å². The van der Waals surface area contributed by atoms with Crippen molar-refractivity contribution < 1.29 is 9.21 Å². The van der Waals surface area contributed by atoms with Gasteiger partial charge in [0.1, 0.15) is 5.76 Å². The number of hydrogen-bond acceptors (Lipinski definition) is 2. The van der Waals surface area contributed by atoms with E-state index in [4.69, 9.17) is 4.42 Å². The van der Waals surface area contributed by atoms with Crippen LogP contribution in [0.2, 0.25) is 0 Å². The third-order valence-electron chi connectivity index (χ3n) is 2.73. The summed E-state index contributed by atoms with van der Waals surface area (Å²) in [6, 6.07) is 3.61. The minimum Gasteiger partial charge on any atom is -0.458 e. The molecule has 0 radical (unpaired) electrons. The molecule has 1 atom stereocenters. The zero-order valence-electron chi connectivity index (χ0n) is 8.04. The molecule has 2 nitrogen and oxygen atoms in total. The van der Waals surface area contributed by atoms with E-state index < -0.39 is 0 Å². The molecule has 0 amide bonds. The molecule has 2 rings (SSSR count). The van der Waals surface area contributed by atoms with Crippen molar-refractivity contribution in [1.82, 2.24) is 0 Å². The Labute approximate surface area is 77.9 Å². The highest BCUT2D eigenvalue weighted by atomic mass is 16.3. The molecule has 1 unspecified atom stereocenters. The molecule has 2 heteroatoms. The van der Waals surface area contributed by atoms with Crippen LogP contribution in [0.4, 0.5) is 0 Å². The topological polar surface area (TPSA) is 30.2 Å². The molecular weight excluding hydrogens is 164 g/mol. The fourth-order valence-electron chi connectivity index (χ4n) is 1.60. The number of carbonyl (C=O) groups excluding carboxylic acids is 1. The average molecular weight is 178 g/mol. The predicted octanol–water partition coefficient (Wildman–Crippen LogP) is 2.82. The maximum absolute atomic E-state index is 11.7. The molecule has 0 N–H and O–H groups in total. The van der Waals surface area contributed by atoms with Crippen molar-refractivity contribution in [3.05, 3.63) is 23.7 Å². The summed E-state index contributed by atoms with van der Waals surface area (Å²) >= 11 is 0. The number of Topliss-reactive ketones (excluding diaryl/α,β-unsaturated/α-hetero) is 1. The van der Waals surface area contributed by atoms with E-state index in [-0.39, 0.29) is 11.7 Å². The van der Waals surface area contributed by atoms with E-state index >= 15 is 0 Å². The molecule has 1 saturated carbocycles. The summed E-state index contributed by atoms with van der Waals surface area (Å²) in [4.78, 5) is 11.7. The van der Waals surface area contributed by atoms with Gasteiger partial charge in [0.2, 0.25) is 5.78 Å². The number of furan rings is 1. The standard InChI is InChI=1S/C11H14O2/c1-7-3-6-10(13-7)11(12)8(2)9-4-5-9/h3,6,8-9H,4-5H2,1-2H3. The Morgan fingerprint density at radius 1 is 1.54 bits per heavy atom. The van der Waals surface area contributed by atoms with Gasteiger partial charge < -0.3 is 4.42 Å². The first kappa shape index (κ1) is 8.54. The first-order valence-electron chi connectivity index (χ1n) is 4.79. The Hall–Kier alpha value is -1.05. The minimum atomic E-state index is 0.144. The number of ketones is 1. The second kappa shape index (κ2) is 3.02. The zero-order valence-corrected chi connectivity index (χ0v) is 8.04. The summed E-state index contributed by atoms with van der Waals surface area (Å²) in [6.45, 7) is 3.86. The second-order valence-corrected chi connectivity index (χ2v) is 3.90. The summed E-state index contributed by atoms with van der Waals surface area (Å²) in [5, 5.41) is 0. The predicted molar refractivity (Wildman–Crippen MR) is 49.7 cm³/mol. The van der Waals surface area contributed by atoms with Gasteiger partial charge in [-0.25, -0.2) is 0 Å². The van der Waals surface area contributed by atoms with Gasteiger partial charge in [-0.05, 0) is 37.8 Å². The molecule has 1 aliphatic rings. The van der Waals surface area contributed by atoms with Crippen LogP contribution in [0.3, 0.4) is 0 Å². The van der Waals surface area contributed by atoms with Crippen molar-refractivity contribution in [2.45, 2.75) is 26.7 Å². The van der Waals surface area contributed by atoms with Gasteiger partial charge in [0.15, 0.2) is 5.76 Å². The van der Waals surface area contributed by atoms with Crippen LogP contribution in [-0.2, 0) is 0 Å². The third kappa shape index (κ3) is 1.67. The quantitative estimate of drug-likeness (QED) is 0.666. The Kier molecular flexibility index (Phi) is 1.98. The monoisotopic (exact) mass is 178 g/mol. The normalized spacial score (nSPS) is 18.6. The molecule has 13 heavy (non-hydrogen) atoms. The van der Waals surface area contributed by atoms with Crippen LogP contribution in [0.25, 0.3) is 0 Å². The molecule has 1 aliphatic carbocycles. The molecule has 0 aromatic carbocycles. The van der Waals surface area contributed by atoms with E-state index in [1.54, 1.807) is 6.07 Å². The van der Waals surface area contributed by atoms with Gasteiger partial charge in [0.05, 0.1) is 0 Å². The van der Waals surface area contributed by atoms with Crippen molar-refractivity contribution in [3.8, 4) is 0 Å². The fourth-order valence-corrected chi connectivity index (χ4v) is 1.60. The Morgan fingerprint density at radius 3 is 2.69 bits per heavy atom. The molecular formula is C11H14O2. The Morgan fingerprint density at radius 2 is 2.23 bits per heavy atom. The number of aryl methyl sites for hydroxylation is 1. The van der Waals surface area contributed by atoms with Gasteiger partial charge in [0.25, 0.3) is 0 Å². The second-order valence-electron chi connectivity index (χ2n) is 3.90. The van der Waals surface area contributed by atoms with E-state index in [1.807, 2.05) is 19.9 Å². The largest absolute Gasteiger partial charge is 0.458 e. The number of carbonyl (C=O) groups is 1. The van der Waals surface area contributed by atoms with E-state index in [9.17, 15) is 4.79 Å². The summed E-state index contributed by atoms with van der Waals surface area (Å²) in [6.07, 6.45) is 2.40. The molecule has 1 heterocycles. The lowest BCUT2D eigenvalue weighted by Gasteiger charge is -2.05. The van der Waals surface area contributed by atoms with Crippen molar-refractivity contribution in [2.24, 2.45) is 11.8 Å². The maximum Gasteiger partial charge on any atom is 0.201 e. The fraction of sp³-hybridized carbons (Fsp3) is 0.545. The molecule has 0 spiro atoms. The average Bonchev–Trinajstić information content (AvgIpc) is 2.87. The molecule has 0 saturated heterocycles. The van der Waals surface area contributed by atoms with E-state index in [0.29, 0.717) is 11.7 Å². The lowest BCUT2D eigenvalue weighted by atomic mass is 9.99. The highest BCUT2D eigenvalue weighted by molar-refractivity contribution is 5.95. The van der Waals surface area contributed by atoms with Crippen molar-refractivity contribution in [2.75, 3.05) is 0 Å². The van der Waals surface area contributed by atoms with Gasteiger partial charge in [-0.15, -0.1) is 0 Å². The number of hydrogen-bond donors (Lipinski definition) is 0. The van der Waals surface area contributed by atoms with Gasteiger partial charge >= 0.3 is 0 Å². The van der Waals surface area contributed by atoms with Gasteiger partial charge in [0, 0.05) is 5.92 Å². The van der Waals surface area contributed by atoms with Gasteiger partial charge in [-0.1, -0.05) is 6.92 Å². The first-order valence-corrected chi connectivity index (χ1v) is 4.79.